The van der Waals surface area contributed by atoms with Gasteiger partial charge in [0.2, 0.25) is 5.88 Å². The molecule has 0 radical (unpaired) electrons. The second-order valence-corrected chi connectivity index (χ2v) is 5.22. The number of methoxy groups -OCH3 is 1. The number of hydrogen-bond acceptors (Lipinski definition) is 3. The third-order valence-corrected chi connectivity index (χ3v) is 3.62. The first-order valence-corrected chi connectivity index (χ1v) is 7.16. The SMILES string of the molecule is COc1nc(C(=O)Nc2ccc(F)cc2Cl)cc2ccccc12. The largest absolute Gasteiger partial charge is 0.481 e. The Kier molecular flexibility index (Phi) is 4.12. The van der Waals surface area contributed by atoms with E-state index in [4.69, 9.17) is 16.3 Å². The fourth-order valence-corrected chi connectivity index (χ4v) is 2.43. The smallest absolute Gasteiger partial charge is 0.274 e. The number of carbonyl (C=O) groups is 1. The fourth-order valence-electron chi connectivity index (χ4n) is 2.22. The number of anilines is 1. The van der Waals surface area contributed by atoms with Gasteiger partial charge < -0.3 is 10.1 Å². The molecule has 1 heterocycles. The molecule has 0 bridgehead atoms. The number of rotatable bonds is 3. The van der Waals surface area contributed by atoms with Crippen LogP contribution in [0.15, 0.2) is 48.5 Å². The molecule has 3 rings (SSSR count). The Bertz CT molecular complexity index is 899. The van der Waals surface area contributed by atoms with E-state index in [2.05, 4.69) is 10.3 Å². The Morgan fingerprint density at radius 2 is 2.00 bits per heavy atom. The van der Waals surface area contributed by atoms with Gasteiger partial charge in [-0.05, 0) is 35.7 Å². The molecule has 4 nitrogen and oxygen atoms in total. The van der Waals surface area contributed by atoms with Gasteiger partial charge in [0, 0.05) is 5.39 Å². The predicted octanol–water partition coefficient (Wildman–Crippen LogP) is 4.29. The predicted molar refractivity (Wildman–Crippen MR) is 87.7 cm³/mol. The maximum absolute atomic E-state index is 13.1. The van der Waals surface area contributed by atoms with Crippen LogP contribution >= 0.6 is 11.6 Å². The van der Waals surface area contributed by atoms with Crippen molar-refractivity contribution in [3.8, 4) is 5.88 Å². The molecule has 23 heavy (non-hydrogen) atoms. The van der Waals surface area contributed by atoms with Crippen LogP contribution in [0.5, 0.6) is 5.88 Å². The van der Waals surface area contributed by atoms with E-state index in [9.17, 15) is 9.18 Å². The summed E-state index contributed by atoms with van der Waals surface area (Å²) >= 11 is 5.91. The average molecular weight is 331 g/mol. The van der Waals surface area contributed by atoms with Gasteiger partial charge >= 0.3 is 0 Å². The first-order valence-electron chi connectivity index (χ1n) is 6.78. The molecule has 0 aliphatic rings. The summed E-state index contributed by atoms with van der Waals surface area (Å²) in [5, 5.41) is 4.37. The van der Waals surface area contributed by atoms with Crippen LogP contribution in [-0.2, 0) is 0 Å². The van der Waals surface area contributed by atoms with E-state index >= 15 is 0 Å². The number of carbonyl (C=O) groups excluding carboxylic acids is 1. The van der Waals surface area contributed by atoms with Gasteiger partial charge in [-0.15, -0.1) is 0 Å². The third-order valence-electron chi connectivity index (χ3n) is 3.31. The van der Waals surface area contributed by atoms with Gasteiger partial charge in [-0.2, -0.15) is 0 Å². The van der Waals surface area contributed by atoms with Crippen molar-refractivity contribution in [1.82, 2.24) is 4.98 Å². The Labute approximate surface area is 136 Å². The van der Waals surface area contributed by atoms with Crippen LogP contribution in [0.2, 0.25) is 5.02 Å². The van der Waals surface area contributed by atoms with E-state index in [1.165, 1.54) is 19.2 Å². The van der Waals surface area contributed by atoms with Crippen LogP contribution in [0, 0.1) is 5.82 Å². The van der Waals surface area contributed by atoms with Crippen molar-refractivity contribution < 1.29 is 13.9 Å². The first kappa shape index (κ1) is 15.2. The number of hydrogen-bond donors (Lipinski definition) is 1. The van der Waals surface area contributed by atoms with Crippen LogP contribution < -0.4 is 10.1 Å². The molecule has 0 saturated heterocycles. The van der Waals surface area contributed by atoms with Gasteiger partial charge in [0.15, 0.2) is 0 Å². The fraction of sp³-hybridized carbons (Fsp3) is 0.0588. The molecule has 0 atom stereocenters. The molecular weight excluding hydrogens is 319 g/mol. The van der Waals surface area contributed by atoms with E-state index in [-0.39, 0.29) is 10.7 Å². The standard InChI is InChI=1S/C17H12ClFN2O2/c1-23-17-12-5-3-2-4-10(12)8-15(21-17)16(22)20-14-7-6-11(19)9-13(14)18/h2-9H,1H3,(H,20,22). The lowest BCUT2D eigenvalue weighted by Crippen LogP contribution is -2.14. The topological polar surface area (TPSA) is 51.2 Å². The average Bonchev–Trinajstić information content (AvgIpc) is 2.56. The zero-order chi connectivity index (χ0) is 16.4. The van der Waals surface area contributed by atoms with Crippen LogP contribution in [0.3, 0.4) is 0 Å². The van der Waals surface area contributed by atoms with Crippen LogP contribution in [0.1, 0.15) is 10.5 Å². The van der Waals surface area contributed by atoms with Crippen molar-refractivity contribution in [2.75, 3.05) is 12.4 Å². The quantitative estimate of drug-likeness (QED) is 0.779. The van der Waals surface area contributed by atoms with Crippen molar-refractivity contribution in [1.29, 1.82) is 0 Å². The molecule has 1 aromatic heterocycles. The number of nitrogens with zero attached hydrogens (tertiary/aromatic N) is 1. The number of aromatic nitrogens is 1. The summed E-state index contributed by atoms with van der Waals surface area (Å²) in [5.74, 6) is -0.570. The summed E-state index contributed by atoms with van der Waals surface area (Å²) in [6, 6.07) is 12.9. The van der Waals surface area contributed by atoms with Gasteiger partial charge in [-0.25, -0.2) is 9.37 Å². The number of pyridine rings is 1. The Morgan fingerprint density at radius 3 is 2.74 bits per heavy atom. The number of halogens is 2. The summed E-state index contributed by atoms with van der Waals surface area (Å²) in [6.45, 7) is 0. The van der Waals surface area contributed by atoms with Crippen molar-refractivity contribution in [3.63, 3.8) is 0 Å². The molecule has 2 aromatic carbocycles. The maximum atomic E-state index is 13.1. The summed E-state index contributed by atoms with van der Waals surface area (Å²) in [7, 11) is 1.49. The molecule has 1 amide bonds. The highest BCUT2D eigenvalue weighted by atomic mass is 35.5. The van der Waals surface area contributed by atoms with Gasteiger partial charge in [-0.3, -0.25) is 4.79 Å². The maximum Gasteiger partial charge on any atom is 0.274 e. The number of amides is 1. The Balaban J connectivity index is 1.97. The zero-order valence-corrected chi connectivity index (χ0v) is 12.9. The number of fused-ring (bicyclic) bond motifs is 1. The summed E-state index contributed by atoms with van der Waals surface area (Å²) in [5.41, 5.74) is 0.493. The molecule has 1 N–H and O–H groups in total. The molecule has 0 unspecified atom stereocenters. The van der Waals surface area contributed by atoms with Crippen molar-refractivity contribution in [3.05, 3.63) is 65.1 Å². The summed E-state index contributed by atoms with van der Waals surface area (Å²) < 4.78 is 18.3. The molecule has 0 fully saturated rings. The lowest BCUT2D eigenvalue weighted by atomic mass is 10.1. The van der Waals surface area contributed by atoms with E-state index in [1.54, 1.807) is 6.07 Å². The molecule has 0 spiro atoms. The van der Waals surface area contributed by atoms with Gasteiger partial charge in [0.1, 0.15) is 11.5 Å². The van der Waals surface area contributed by atoms with Crippen LogP contribution in [-0.4, -0.2) is 18.0 Å². The second kappa shape index (κ2) is 6.22. The molecule has 0 saturated carbocycles. The van der Waals surface area contributed by atoms with Gasteiger partial charge in [0.25, 0.3) is 5.91 Å². The van der Waals surface area contributed by atoms with E-state index < -0.39 is 11.7 Å². The molecule has 6 heteroatoms. The first-order chi connectivity index (χ1) is 11.1. The van der Waals surface area contributed by atoms with Gasteiger partial charge in [-0.1, -0.05) is 29.8 Å². The molecular formula is C17H12ClFN2O2. The minimum Gasteiger partial charge on any atom is -0.481 e. The normalized spacial score (nSPS) is 10.6. The minimum atomic E-state index is -0.474. The highest BCUT2D eigenvalue weighted by molar-refractivity contribution is 6.33. The van der Waals surface area contributed by atoms with Crippen molar-refractivity contribution in [2.45, 2.75) is 0 Å². The Hall–Kier alpha value is -2.66. The summed E-state index contributed by atoms with van der Waals surface area (Å²) in [6.07, 6.45) is 0. The molecule has 116 valence electrons. The van der Waals surface area contributed by atoms with Crippen molar-refractivity contribution >= 4 is 34.0 Å². The molecule has 0 aliphatic carbocycles. The zero-order valence-electron chi connectivity index (χ0n) is 12.1. The monoisotopic (exact) mass is 330 g/mol. The van der Waals surface area contributed by atoms with Gasteiger partial charge in [0.05, 0.1) is 17.8 Å². The second-order valence-electron chi connectivity index (χ2n) is 4.82. The number of ether oxygens (including phenoxy) is 1. The Morgan fingerprint density at radius 1 is 1.22 bits per heavy atom. The highest BCUT2D eigenvalue weighted by Gasteiger charge is 2.14. The summed E-state index contributed by atoms with van der Waals surface area (Å²) in [4.78, 5) is 16.6. The third kappa shape index (κ3) is 3.10. The minimum absolute atomic E-state index is 0.117. The van der Waals surface area contributed by atoms with Crippen molar-refractivity contribution in [2.24, 2.45) is 0 Å². The highest BCUT2D eigenvalue weighted by Crippen LogP contribution is 2.26. The van der Waals surface area contributed by atoms with Crippen LogP contribution in [0.4, 0.5) is 10.1 Å². The lowest BCUT2D eigenvalue weighted by molar-refractivity contribution is 0.102. The van der Waals surface area contributed by atoms with Crippen LogP contribution in [0.25, 0.3) is 10.8 Å². The number of nitrogens with one attached hydrogen (secondary N) is 1. The lowest BCUT2D eigenvalue weighted by Gasteiger charge is -2.10. The molecule has 3 aromatic rings. The van der Waals surface area contributed by atoms with E-state index in [0.717, 1.165) is 16.8 Å². The van der Waals surface area contributed by atoms with E-state index in [0.29, 0.717) is 11.6 Å². The number of benzene rings is 2. The van der Waals surface area contributed by atoms with E-state index in [1.807, 2.05) is 24.3 Å². The molecule has 0 aliphatic heterocycles.